The average Bonchev–Trinajstić information content (AvgIpc) is 2.72. The summed E-state index contributed by atoms with van der Waals surface area (Å²) in [6.45, 7) is 5.73. The van der Waals surface area contributed by atoms with Crippen LogP contribution >= 0.6 is 0 Å². The Morgan fingerprint density at radius 2 is 2.05 bits per heavy atom. The number of ether oxygens (including phenoxy) is 1. The van der Waals surface area contributed by atoms with E-state index in [4.69, 9.17) is 4.74 Å². The van der Waals surface area contributed by atoms with E-state index >= 15 is 0 Å². The molecule has 1 saturated heterocycles. The minimum atomic E-state index is 0.404. The minimum Gasteiger partial charge on any atom is -0.464 e. The van der Waals surface area contributed by atoms with Crippen molar-refractivity contribution in [2.45, 2.75) is 52.0 Å². The molecular weight excluding hydrogens is 254 g/mol. The molecule has 0 aromatic carbocycles. The number of nitrogens with zero attached hydrogens (tertiary/aromatic N) is 4. The van der Waals surface area contributed by atoms with E-state index in [0.29, 0.717) is 24.6 Å². The quantitative estimate of drug-likeness (QED) is 0.893. The van der Waals surface area contributed by atoms with Crippen LogP contribution < -0.4 is 15.0 Å². The second-order valence-electron chi connectivity index (χ2n) is 5.03. The van der Waals surface area contributed by atoms with Crippen LogP contribution in [0.4, 0.5) is 11.9 Å². The highest BCUT2D eigenvalue weighted by Crippen LogP contribution is 2.24. The Balaban J connectivity index is 2.30. The molecule has 1 fully saturated rings. The van der Waals surface area contributed by atoms with Gasteiger partial charge in [0.25, 0.3) is 0 Å². The summed E-state index contributed by atoms with van der Waals surface area (Å²) in [6.07, 6.45) is 6.10. The Hall–Kier alpha value is -1.59. The van der Waals surface area contributed by atoms with Gasteiger partial charge in [0.1, 0.15) is 0 Å². The third-order valence-electron chi connectivity index (χ3n) is 3.71. The Labute approximate surface area is 121 Å². The van der Waals surface area contributed by atoms with E-state index in [0.717, 1.165) is 18.9 Å². The van der Waals surface area contributed by atoms with E-state index in [1.54, 1.807) is 0 Å². The summed E-state index contributed by atoms with van der Waals surface area (Å²) in [7, 11) is 1.81. The first-order valence-corrected chi connectivity index (χ1v) is 7.61. The molecular formula is C14H25N5O. The van der Waals surface area contributed by atoms with Crippen molar-refractivity contribution in [3.05, 3.63) is 0 Å². The van der Waals surface area contributed by atoms with Crippen LogP contribution in [0.5, 0.6) is 6.01 Å². The molecule has 0 radical (unpaired) electrons. The molecule has 0 bridgehead atoms. The van der Waals surface area contributed by atoms with Crippen molar-refractivity contribution in [2.24, 2.45) is 0 Å². The van der Waals surface area contributed by atoms with Gasteiger partial charge in [-0.3, -0.25) is 0 Å². The molecule has 2 heterocycles. The molecule has 0 aliphatic carbocycles. The standard InChI is InChI=1S/C14H25N5O/c1-4-11-9-7-6-8-10-19(11)13-16-12(15-3)17-14(18-13)20-5-2/h11H,4-10H2,1-3H3,(H,15,16,17,18). The summed E-state index contributed by atoms with van der Waals surface area (Å²) in [5.74, 6) is 1.30. The van der Waals surface area contributed by atoms with Crippen LogP contribution in [0.15, 0.2) is 0 Å². The SMILES string of the molecule is CCOc1nc(NC)nc(N2CCCCCC2CC)n1. The number of anilines is 2. The summed E-state index contributed by atoms with van der Waals surface area (Å²) in [6, 6.07) is 0.917. The first-order valence-electron chi connectivity index (χ1n) is 7.61. The van der Waals surface area contributed by atoms with Crippen molar-refractivity contribution in [2.75, 3.05) is 30.4 Å². The van der Waals surface area contributed by atoms with Gasteiger partial charge >= 0.3 is 6.01 Å². The normalized spacial score (nSPS) is 19.6. The monoisotopic (exact) mass is 279 g/mol. The van der Waals surface area contributed by atoms with Gasteiger partial charge in [0.05, 0.1) is 6.61 Å². The predicted molar refractivity (Wildman–Crippen MR) is 80.4 cm³/mol. The zero-order valence-electron chi connectivity index (χ0n) is 12.7. The van der Waals surface area contributed by atoms with Crippen molar-refractivity contribution in [1.29, 1.82) is 0 Å². The zero-order valence-corrected chi connectivity index (χ0v) is 12.7. The van der Waals surface area contributed by atoms with Gasteiger partial charge in [-0.1, -0.05) is 19.8 Å². The van der Waals surface area contributed by atoms with Gasteiger partial charge in [-0.2, -0.15) is 15.0 Å². The van der Waals surface area contributed by atoms with E-state index < -0.39 is 0 Å². The second-order valence-corrected chi connectivity index (χ2v) is 5.03. The predicted octanol–water partition coefficient (Wildman–Crippen LogP) is 2.47. The molecule has 0 amide bonds. The fraction of sp³-hybridized carbons (Fsp3) is 0.786. The Morgan fingerprint density at radius 3 is 2.75 bits per heavy atom. The van der Waals surface area contributed by atoms with Crippen molar-refractivity contribution >= 4 is 11.9 Å². The molecule has 6 heteroatoms. The number of rotatable bonds is 5. The van der Waals surface area contributed by atoms with Crippen LogP contribution in [-0.4, -0.2) is 41.2 Å². The van der Waals surface area contributed by atoms with Crippen LogP contribution in [0.3, 0.4) is 0 Å². The molecule has 2 rings (SSSR count). The lowest BCUT2D eigenvalue weighted by Crippen LogP contribution is -2.36. The summed E-state index contributed by atoms with van der Waals surface area (Å²) < 4.78 is 5.45. The van der Waals surface area contributed by atoms with E-state index in [1.165, 1.54) is 25.7 Å². The van der Waals surface area contributed by atoms with Crippen molar-refractivity contribution < 1.29 is 4.74 Å². The van der Waals surface area contributed by atoms with Crippen molar-refractivity contribution in [3.63, 3.8) is 0 Å². The van der Waals surface area contributed by atoms with E-state index in [2.05, 4.69) is 32.1 Å². The van der Waals surface area contributed by atoms with Gasteiger partial charge in [0, 0.05) is 19.6 Å². The number of hydrogen-bond donors (Lipinski definition) is 1. The fourth-order valence-corrected chi connectivity index (χ4v) is 2.64. The number of aromatic nitrogens is 3. The third-order valence-corrected chi connectivity index (χ3v) is 3.71. The number of hydrogen-bond acceptors (Lipinski definition) is 6. The van der Waals surface area contributed by atoms with E-state index in [1.807, 2.05) is 14.0 Å². The van der Waals surface area contributed by atoms with Crippen molar-refractivity contribution in [3.8, 4) is 6.01 Å². The molecule has 0 saturated carbocycles. The molecule has 6 nitrogen and oxygen atoms in total. The van der Waals surface area contributed by atoms with Crippen LogP contribution in [0.25, 0.3) is 0 Å². The summed E-state index contributed by atoms with van der Waals surface area (Å²) in [5.41, 5.74) is 0. The highest BCUT2D eigenvalue weighted by atomic mass is 16.5. The molecule has 1 N–H and O–H groups in total. The molecule has 20 heavy (non-hydrogen) atoms. The van der Waals surface area contributed by atoms with Gasteiger partial charge in [0.15, 0.2) is 0 Å². The molecule has 112 valence electrons. The summed E-state index contributed by atoms with van der Waals surface area (Å²) in [5, 5.41) is 2.98. The summed E-state index contributed by atoms with van der Waals surface area (Å²) in [4.78, 5) is 15.5. The van der Waals surface area contributed by atoms with E-state index in [9.17, 15) is 0 Å². The van der Waals surface area contributed by atoms with Gasteiger partial charge < -0.3 is 15.0 Å². The molecule has 1 aliphatic heterocycles. The minimum absolute atomic E-state index is 0.404. The maximum absolute atomic E-state index is 5.45. The van der Waals surface area contributed by atoms with Crippen LogP contribution in [-0.2, 0) is 0 Å². The Kier molecular flexibility index (Phi) is 5.38. The zero-order chi connectivity index (χ0) is 14.4. The van der Waals surface area contributed by atoms with Crippen molar-refractivity contribution in [1.82, 2.24) is 15.0 Å². The third kappa shape index (κ3) is 3.49. The molecule has 1 aromatic rings. The molecule has 1 aliphatic rings. The maximum Gasteiger partial charge on any atom is 0.323 e. The van der Waals surface area contributed by atoms with Gasteiger partial charge in [-0.15, -0.1) is 0 Å². The average molecular weight is 279 g/mol. The lowest BCUT2D eigenvalue weighted by atomic mass is 10.1. The topological polar surface area (TPSA) is 63.2 Å². The van der Waals surface area contributed by atoms with Crippen LogP contribution in [0, 0.1) is 0 Å². The van der Waals surface area contributed by atoms with Crippen LogP contribution in [0.1, 0.15) is 46.0 Å². The van der Waals surface area contributed by atoms with Gasteiger partial charge in [0.2, 0.25) is 11.9 Å². The Morgan fingerprint density at radius 1 is 1.20 bits per heavy atom. The summed E-state index contributed by atoms with van der Waals surface area (Å²) >= 11 is 0. The second kappa shape index (κ2) is 7.26. The molecule has 1 unspecified atom stereocenters. The highest BCUT2D eigenvalue weighted by Gasteiger charge is 2.23. The molecule has 1 atom stereocenters. The number of nitrogens with one attached hydrogen (secondary N) is 1. The fourth-order valence-electron chi connectivity index (χ4n) is 2.64. The lowest BCUT2D eigenvalue weighted by Gasteiger charge is -2.29. The molecule has 0 spiro atoms. The first kappa shape index (κ1) is 14.8. The molecule has 1 aromatic heterocycles. The highest BCUT2D eigenvalue weighted by molar-refractivity contribution is 5.39. The lowest BCUT2D eigenvalue weighted by molar-refractivity contribution is 0.311. The largest absolute Gasteiger partial charge is 0.464 e. The van der Waals surface area contributed by atoms with Gasteiger partial charge in [-0.25, -0.2) is 0 Å². The van der Waals surface area contributed by atoms with Crippen LogP contribution in [0.2, 0.25) is 0 Å². The smallest absolute Gasteiger partial charge is 0.323 e. The maximum atomic E-state index is 5.45. The van der Waals surface area contributed by atoms with E-state index in [-0.39, 0.29) is 0 Å². The first-order chi connectivity index (χ1) is 9.78. The Bertz CT molecular complexity index is 426. The van der Waals surface area contributed by atoms with Gasteiger partial charge in [-0.05, 0) is 26.2 Å².